The fourth-order valence-electron chi connectivity index (χ4n) is 7.67. The number of allylic oxidation sites excluding steroid dienone is 1. The van der Waals surface area contributed by atoms with Gasteiger partial charge in [0.15, 0.2) is 0 Å². The largest absolute Gasteiger partial charge is 0.460 e. The first-order chi connectivity index (χ1) is 21.2. The van der Waals surface area contributed by atoms with Gasteiger partial charge in [-0.1, -0.05) is 60.2 Å². The van der Waals surface area contributed by atoms with Crippen molar-refractivity contribution < 1.29 is 33.8 Å². The van der Waals surface area contributed by atoms with Crippen molar-refractivity contribution in [2.75, 3.05) is 26.2 Å². The molecule has 4 fully saturated rings. The maximum atomic E-state index is 14.6. The zero-order valence-electron chi connectivity index (χ0n) is 26.1. The molecule has 1 aliphatic carbocycles. The van der Waals surface area contributed by atoms with E-state index in [1.807, 2.05) is 4.90 Å². The number of hydrogen-bond acceptors (Lipinski definition) is 7. The Kier molecular flexibility index (Phi) is 12.5. The first kappa shape index (κ1) is 34.6. The Hall–Kier alpha value is -2.24. The number of aliphatic hydroxyl groups is 1. The maximum absolute atomic E-state index is 14.6. The van der Waals surface area contributed by atoms with E-state index < -0.39 is 41.7 Å². The number of unbranched alkanes of at least 4 members (excludes halogenated alkanes) is 3. The number of ether oxygens (including phenoxy) is 2. The summed E-state index contributed by atoms with van der Waals surface area (Å²) in [5, 5.41) is 12.0. The van der Waals surface area contributed by atoms with Gasteiger partial charge in [-0.3, -0.25) is 19.2 Å². The van der Waals surface area contributed by atoms with Gasteiger partial charge in [0, 0.05) is 37.0 Å². The number of fused-ring (bicyclic) bond motifs is 1. The molecule has 3 aliphatic heterocycles. The van der Waals surface area contributed by atoms with Crippen LogP contribution < -0.4 is 5.32 Å². The molecule has 0 radical (unpaired) electrons. The number of alkyl halides is 1. The molecule has 1 saturated carbocycles. The second-order valence-corrected chi connectivity index (χ2v) is 14.0. The van der Waals surface area contributed by atoms with Crippen molar-refractivity contribution in [1.29, 1.82) is 0 Å². The highest BCUT2D eigenvalue weighted by Gasteiger charge is 2.77. The van der Waals surface area contributed by atoms with Crippen LogP contribution in [0.15, 0.2) is 25.3 Å². The van der Waals surface area contributed by atoms with Gasteiger partial charge in [-0.15, -0.1) is 13.2 Å². The second kappa shape index (κ2) is 15.9. The Labute approximate surface area is 270 Å². The van der Waals surface area contributed by atoms with E-state index in [1.54, 1.807) is 24.0 Å². The van der Waals surface area contributed by atoms with Gasteiger partial charge in [0.2, 0.25) is 17.7 Å². The van der Waals surface area contributed by atoms with E-state index in [4.69, 9.17) is 9.47 Å². The smallest absolute Gasteiger partial charge is 0.312 e. The van der Waals surface area contributed by atoms with Gasteiger partial charge in [0.1, 0.15) is 17.7 Å². The number of carbonyl (C=O) groups excluding carboxylic acids is 4. The summed E-state index contributed by atoms with van der Waals surface area (Å²) >= 11 is 3.73. The molecule has 3 heterocycles. The van der Waals surface area contributed by atoms with Crippen molar-refractivity contribution in [3.8, 4) is 0 Å². The van der Waals surface area contributed by atoms with Crippen LogP contribution >= 0.6 is 15.9 Å². The molecule has 4 aliphatic rings. The van der Waals surface area contributed by atoms with Gasteiger partial charge in [0.25, 0.3) is 0 Å². The highest BCUT2D eigenvalue weighted by molar-refractivity contribution is 9.09. The van der Waals surface area contributed by atoms with Gasteiger partial charge in [0.05, 0.1) is 24.5 Å². The average Bonchev–Trinajstić information content (AvgIpc) is 3.61. The van der Waals surface area contributed by atoms with Crippen LogP contribution in [0.25, 0.3) is 0 Å². The molecular formula is C33H50BrN3O7. The molecule has 11 heteroatoms. The van der Waals surface area contributed by atoms with E-state index in [0.717, 1.165) is 44.9 Å². The molecule has 3 amide bonds. The molecule has 1 unspecified atom stereocenters. The number of carbonyl (C=O) groups is 4. The third-order valence-corrected chi connectivity index (χ3v) is 10.6. The van der Waals surface area contributed by atoms with Crippen LogP contribution in [0.3, 0.4) is 0 Å². The summed E-state index contributed by atoms with van der Waals surface area (Å²) in [5.41, 5.74) is -1.14. The number of esters is 1. The van der Waals surface area contributed by atoms with E-state index in [0.29, 0.717) is 45.2 Å². The highest BCUT2D eigenvalue weighted by atomic mass is 79.9. The minimum Gasteiger partial charge on any atom is -0.460 e. The molecule has 3 saturated heterocycles. The van der Waals surface area contributed by atoms with Gasteiger partial charge in [-0.2, -0.15) is 0 Å². The number of rotatable bonds is 17. The lowest BCUT2D eigenvalue weighted by Gasteiger charge is -2.41. The molecule has 2 bridgehead atoms. The molecule has 4 rings (SSSR count). The Morgan fingerprint density at radius 2 is 1.91 bits per heavy atom. The van der Waals surface area contributed by atoms with Crippen LogP contribution in [-0.4, -0.2) is 99.6 Å². The predicted octanol–water partition coefficient (Wildman–Crippen LogP) is 3.65. The summed E-state index contributed by atoms with van der Waals surface area (Å²) in [5.74, 6) is -2.75. The number of nitrogens with one attached hydrogen (secondary N) is 1. The SMILES string of the molecule is C=CCCC(=O)NC[C@H](C)OC(=O)[C@@H]1[C@H]2O[C@@]3(CC2Br)[C@H](C(=O)N(CC=C)C2CCCCC2)N(CCCCCCO)C(=O)[C@@H]13. The minimum absolute atomic E-state index is 0.0767. The standard InChI is InChI=1S/C33H50BrN3O7/c1-4-6-16-25(39)35-21-22(3)43-32(42)26-27-30(40)37(18-12-7-8-13-19-38)29(33(27)20-24(34)28(26)44-33)31(41)36(17-5-2)23-14-10-9-11-15-23/h4-5,22-24,26-29,38H,1-2,6-21H2,3H3,(H,35,39)/t22-,24?,26-,27+,28-,29-,33+/m0/s1. The van der Waals surface area contributed by atoms with E-state index in [1.165, 1.54) is 0 Å². The number of amides is 3. The summed E-state index contributed by atoms with van der Waals surface area (Å²) in [6.45, 7) is 10.3. The van der Waals surface area contributed by atoms with Crippen molar-refractivity contribution >= 4 is 39.6 Å². The third kappa shape index (κ3) is 7.25. The summed E-state index contributed by atoms with van der Waals surface area (Å²) in [7, 11) is 0. The van der Waals surface area contributed by atoms with Crippen molar-refractivity contribution in [2.24, 2.45) is 11.8 Å². The molecular weight excluding hydrogens is 630 g/mol. The average molecular weight is 681 g/mol. The monoisotopic (exact) mass is 679 g/mol. The third-order valence-electron chi connectivity index (χ3n) is 9.71. The van der Waals surface area contributed by atoms with Crippen LogP contribution in [0, 0.1) is 11.8 Å². The number of hydrogen-bond donors (Lipinski definition) is 2. The zero-order valence-corrected chi connectivity index (χ0v) is 27.7. The Morgan fingerprint density at radius 1 is 1.18 bits per heavy atom. The van der Waals surface area contributed by atoms with E-state index >= 15 is 0 Å². The van der Waals surface area contributed by atoms with Crippen molar-refractivity contribution in [1.82, 2.24) is 15.1 Å². The predicted molar refractivity (Wildman–Crippen MR) is 170 cm³/mol. The summed E-state index contributed by atoms with van der Waals surface area (Å²) in [4.78, 5) is 58.1. The number of aliphatic hydroxyl groups excluding tert-OH is 1. The maximum Gasteiger partial charge on any atom is 0.312 e. The van der Waals surface area contributed by atoms with Crippen LogP contribution in [0.5, 0.6) is 0 Å². The number of halogens is 1. The molecule has 2 N–H and O–H groups in total. The van der Waals surface area contributed by atoms with Gasteiger partial charge < -0.3 is 29.7 Å². The second-order valence-electron chi connectivity index (χ2n) is 12.8. The van der Waals surface area contributed by atoms with E-state index in [9.17, 15) is 24.3 Å². The Bertz CT molecular complexity index is 1070. The van der Waals surface area contributed by atoms with Gasteiger partial charge in [-0.05, 0) is 45.4 Å². The summed E-state index contributed by atoms with van der Waals surface area (Å²) < 4.78 is 12.5. The molecule has 10 nitrogen and oxygen atoms in total. The van der Waals surface area contributed by atoms with Crippen molar-refractivity contribution in [3.05, 3.63) is 25.3 Å². The quantitative estimate of drug-likeness (QED) is 0.104. The summed E-state index contributed by atoms with van der Waals surface area (Å²) in [6, 6.07) is -0.767. The summed E-state index contributed by atoms with van der Waals surface area (Å²) in [6.07, 6.45) is 11.6. The lowest BCUT2D eigenvalue weighted by Crippen LogP contribution is -2.58. The molecule has 0 aromatic heterocycles. The fourth-order valence-corrected chi connectivity index (χ4v) is 8.61. The minimum atomic E-state index is -1.14. The van der Waals surface area contributed by atoms with Crippen LogP contribution in [0.1, 0.15) is 84.0 Å². The molecule has 1 spiro atoms. The molecule has 7 atom stereocenters. The fraction of sp³-hybridized carbons (Fsp3) is 0.758. The van der Waals surface area contributed by atoms with Crippen molar-refractivity contribution in [3.63, 3.8) is 0 Å². The van der Waals surface area contributed by atoms with Crippen molar-refractivity contribution in [2.45, 2.75) is 119 Å². The normalized spacial score (nSPS) is 30.1. The molecule has 0 aromatic rings. The van der Waals surface area contributed by atoms with E-state index in [-0.39, 0.29) is 41.7 Å². The van der Waals surface area contributed by atoms with Crippen LogP contribution in [-0.2, 0) is 28.7 Å². The zero-order chi connectivity index (χ0) is 31.9. The lowest BCUT2D eigenvalue weighted by molar-refractivity contribution is -0.159. The van der Waals surface area contributed by atoms with Crippen LogP contribution in [0.4, 0.5) is 0 Å². The van der Waals surface area contributed by atoms with E-state index in [2.05, 4.69) is 34.4 Å². The first-order valence-corrected chi connectivity index (χ1v) is 17.3. The van der Waals surface area contributed by atoms with Gasteiger partial charge in [-0.25, -0.2) is 0 Å². The molecule has 0 aromatic carbocycles. The number of nitrogens with zero attached hydrogens (tertiary/aromatic N) is 2. The highest BCUT2D eigenvalue weighted by Crippen LogP contribution is 2.60. The molecule has 246 valence electrons. The molecule has 44 heavy (non-hydrogen) atoms. The van der Waals surface area contributed by atoms with Crippen LogP contribution in [0.2, 0.25) is 0 Å². The topological polar surface area (TPSA) is 125 Å². The van der Waals surface area contributed by atoms with Gasteiger partial charge >= 0.3 is 5.97 Å². The Balaban J connectivity index is 1.58. The first-order valence-electron chi connectivity index (χ1n) is 16.4. The lowest BCUT2D eigenvalue weighted by atomic mass is 9.70. The Morgan fingerprint density at radius 3 is 2.59 bits per heavy atom. The number of likely N-dealkylation sites (tertiary alicyclic amines) is 1.